The molecular formula is C7H15BrMg. The lowest BCUT2D eigenvalue weighted by Crippen LogP contribution is -1.87. The van der Waals surface area contributed by atoms with Crippen LogP contribution in [-0.2, 0) is 0 Å². The van der Waals surface area contributed by atoms with E-state index >= 15 is 0 Å². The Morgan fingerprint density at radius 1 is 1.33 bits per heavy atom. The third-order valence-corrected chi connectivity index (χ3v) is 3.86. The van der Waals surface area contributed by atoms with Gasteiger partial charge < -0.3 is 12.9 Å². The Hall–Kier alpha value is 1.25. The molecule has 0 unspecified atom stereocenters. The summed E-state index contributed by atoms with van der Waals surface area (Å²) in [7, 11) is 0. The van der Waals surface area contributed by atoms with Crippen LogP contribution in [0.15, 0.2) is 0 Å². The molecule has 0 aliphatic carbocycles. The lowest BCUT2D eigenvalue weighted by atomic mass is 10.1. The van der Waals surface area contributed by atoms with Crippen molar-refractivity contribution in [1.29, 1.82) is 0 Å². The minimum Gasteiger partial charge on any atom is -0.307 e. The van der Waals surface area contributed by atoms with Crippen molar-refractivity contribution in [3.05, 3.63) is 0 Å². The van der Waals surface area contributed by atoms with Crippen LogP contribution in [0.25, 0.3) is 0 Å². The van der Waals surface area contributed by atoms with E-state index in [2.05, 4.69) is 26.7 Å². The molecule has 0 N–H and O–H groups in total. The lowest BCUT2D eigenvalue weighted by molar-refractivity contribution is 0.550. The maximum Gasteiger partial charge on any atom is 0.468 e. The zero-order valence-electron chi connectivity index (χ0n) is 6.49. The lowest BCUT2D eigenvalue weighted by Gasteiger charge is -2.01. The molecule has 0 heterocycles. The Morgan fingerprint density at radius 3 is 2.44 bits per heavy atom. The van der Waals surface area contributed by atoms with Crippen molar-refractivity contribution in [2.45, 2.75) is 37.7 Å². The number of hydrogen-bond acceptors (Lipinski definition) is 0. The molecule has 52 valence electrons. The molecule has 0 bridgehead atoms. The first-order valence-electron chi connectivity index (χ1n) is 3.83. The molecule has 0 saturated carbocycles. The van der Waals surface area contributed by atoms with Gasteiger partial charge in [0.2, 0.25) is 0 Å². The molecule has 0 spiro atoms. The zero-order valence-corrected chi connectivity index (χ0v) is 9.49. The van der Waals surface area contributed by atoms with E-state index in [0.29, 0.717) is 0 Å². The summed E-state index contributed by atoms with van der Waals surface area (Å²) in [6.45, 7) is 4.59. The van der Waals surface area contributed by atoms with Gasteiger partial charge in [0.1, 0.15) is 0 Å². The van der Waals surface area contributed by atoms with E-state index in [1.165, 1.54) is 23.8 Å². The first kappa shape index (κ1) is 10.2. The molecule has 0 radical (unpaired) electrons. The second-order valence-electron chi connectivity index (χ2n) is 2.93. The van der Waals surface area contributed by atoms with Gasteiger partial charge in [0.15, 0.2) is 0 Å². The number of halogens is 1. The highest BCUT2D eigenvalue weighted by atomic mass is 79.9. The average Bonchev–Trinajstić information content (AvgIpc) is 1.80. The fraction of sp³-hybridized carbons (Fsp3) is 1.00. The summed E-state index contributed by atoms with van der Waals surface area (Å²) < 4.78 is 1.48. The quantitative estimate of drug-likeness (QED) is 0.475. The van der Waals surface area contributed by atoms with Crippen LogP contribution in [0.3, 0.4) is 0 Å². The molecule has 0 aliphatic heterocycles. The summed E-state index contributed by atoms with van der Waals surface area (Å²) in [5.41, 5.74) is 0. The molecule has 9 heavy (non-hydrogen) atoms. The first-order valence-corrected chi connectivity index (χ1v) is 8.73. The van der Waals surface area contributed by atoms with Crippen molar-refractivity contribution in [3.8, 4) is 0 Å². The van der Waals surface area contributed by atoms with Gasteiger partial charge in [-0.05, 0) is 5.92 Å². The van der Waals surface area contributed by atoms with Gasteiger partial charge in [0.25, 0.3) is 0 Å². The molecule has 0 aromatic rings. The topological polar surface area (TPSA) is 0 Å². The van der Waals surface area contributed by atoms with Crippen LogP contribution in [0.2, 0.25) is 4.55 Å². The van der Waals surface area contributed by atoms with Gasteiger partial charge in [-0.25, -0.2) is 0 Å². The normalized spacial score (nSPS) is 9.78. The Kier molecular flexibility index (Phi) is 8.37. The van der Waals surface area contributed by atoms with E-state index in [9.17, 15) is 0 Å². The SMILES string of the molecule is CC(C)CCC[CH2][Mg][Br]. The molecular weight excluding hydrogens is 188 g/mol. The van der Waals surface area contributed by atoms with Gasteiger partial charge in [0, 0.05) is 0 Å². The maximum atomic E-state index is 3.56. The predicted molar refractivity (Wildman–Crippen MR) is 48.2 cm³/mol. The fourth-order valence-electron chi connectivity index (χ4n) is 0.824. The number of unbranched alkanes of at least 4 members (excludes halogenated alkanes) is 1. The summed E-state index contributed by atoms with van der Waals surface area (Å²) in [6, 6.07) is 0. The standard InChI is InChI=1S/C7H15.BrH.Mg/c1-4-5-6-7(2)3;;/h7H,1,4-6H2,2-3H3;1H;/q;;+1/p-1. The van der Waals surface area contributed by atoms with E-state index in [1.54, 1.807) is 0 Å². The van der Waals surface area contributed by atoms with Crippen molar-refractivity contribution in [2.24, 2.45) is 5.92 Å². The van der Waals surface area contributed by atoms with Crippen LogP contribution in [-0.4, -0.2) is 18.2 Å². The summed E-state index contributed by atoms with van der Waals surface area (Å²) in [4.78, 5) is 0. The van der Waals surface area contributed by atoms with Crippen LogP contribution in [0.4, 0.5) is 0 Å². The average molecular weight is 203 g/mol. The molecule has 0 aromatic carbocycles. The first-order chi connectivity index (χ1) is 4.27. The van der Waals surface area contributed by atoms with Crippen LogP contribution in [0.1, 0.15) is 33.1 Å². The second kappa shape index (κ2) is 7.35. The van der Waals surface area contributed by atoms with E-state index in [1.807, 2.05) is 0 Å². The Balaban J connectivity index is 2.75. The maximum absolute atomic E-state index is 3.56. The predicted octanol–water partition coefficient (Wildman–Crippen LogP) is 3.25. The monoisotopic (exact) mass is 202 g/mol. The number of hydrogen-bond donors (Lipinski definition) is 0. The van der Waals surface area contributed by atoms with Gasteiger partial charge in [-0.3, -0.25) is 0 Å². The van der Waals surface area contributed by atoms with Crippen molar-refractivity contribution in [3.63, 3.8) is 0 Å². The highest BCUT2D eigenvalue weighted by Crippen LogP contribution is 2.08. The largest absolute Gasteiger partial charge is 0.468 e. The highest BCUT2D eigenvalue weighted by molar-refractivity contribution is 9.23. The Labute approximate surface area is 74.4 Å². The smallest absolute Gasteiger partial charge is 0.307 e. The van der Waals surface area contributed by atoms with Crippen molar-refractivity contribution >= 4 is 31.1 Å². The molecule has 2 heteroatoms. The minimum atomic E-state index is 0.182. The van der Waals surface area contributed by atoms with Gasteiger partial charge in [-0.1, -0.05) is 33.1 Å². The van der Waals surface area contributed by atoms with Crippen molar-refractivity contribution < 1.29 is 0 Å². The van der Waals surface area contributed by atoms with E-state index < -0.39 is 0 Å². The zero-order chi connectivity index (χ0) is 7.11. The molecule has 0 amide bonds. The van der Waals surface area contributed by atoms with Crippen molar-refractivity contribution in [1.82, 2.24) is 0 Å². The van der Waals surface area contributed by atoms with E-state index in [-0.39, 0.29) is 18.2 Å². The third-order valence-electron chi connectivity index (χ3n) is 1.42. The Bertz CT molecular complexity index is 54.9. The van der Waals surface area contributed by atoms with Crippen molar-refractivity contribution in [2.75, 3.05) is 0 Å². The second-order valence-corrected chi connectivity index (χ2v) is 6.40. The van der Waals surface area contributed by atoms with Gasteiger partial charge in [-0.2, -0.15) is 0 Å². The van der Waals surface area contributed by atoms with Crippen LogP contribution in [0.5, 0.6) is 0 Å². The molecule has 0 aromatic heterocycles. The summed E-state index contributed by atoms with van der Waals surface area (Å²) in [6.07, 6.45) is 4.31. The molecule has 0 aliphatic rings. The number of rotatable bonds is 5. The molecule has 0 atom stereocenters. The van der Waals surface area contributed by atoms with Gasteiger partial charge >= 0.3 is 18.2 Å². The van der Waals surface area contributed by atoms with Crippen LogP contribution < -0.4 is 0 Å². The molecule has 0 rings (SSSR count). The van der Waals surface area contributed by atoms with E-state index in [0.717, 1.165) is 5.92 Å². The summed E-state index contributed by atoms with van der Waals surface area (Å²) >= 11 is 3.74. The van der Waals surface area contributed by atoms with E-state index in [4.69, 9.17) is 0 Å². The van der Waals surface area contributed by atoms with Gasteiger partial charge in [0.05, 0.1) is 0 Å². The van der Waals surface area contributed by atoms with Gasteiger partial charge in [-0.15, -0.1) is 4.55 Å². The molecule has 0 nitrogen and oxygen atoms in total. The van der Waals surface area contributed by atoms with Crippen LogP contribution >= 0.6 is 12.9 Å². The van der Waals surface area contributed by atoms with Crippen LogP contribution in [0, 0.1) is 5.92 Å². The summed E-state index contributed by atoms with van der Waals surface area (Å²) in [5, 5.41) is 0. The third kappa shape index (κ3) is 9.25. The fourth-order valence-corrected chi connectivity index (χ4v) is 2.56. The highest BCUT2D eigenvalue weighted by Gasteiger charge is 1.93. The Morgan fingerprint density at radius 2 is 2.00 bits per heavy atom. The molecule has 0 fully saturated rings. The summed E-state index contributed by atoms with van der Waals surface area (Å²) in [5.74, 6) is 0.905. The minimum absolute atomic E-state index is 0.182. The molecule has 0 saturated heterocycles.